The molecule has 3 aromatic rings. The fraction of sp³-hybridized carbons (Fsp3) is 0.321. The fourth-order valence-corrected chi connectivity index (χ4v) is 3.27. The van der Waals surface area contributed by atoms with Crippen molar-refractivity contribution in [1.82, 2.24) is 10.3 Å². The van der Waals surface area contributed by atoms with E-state index in [-0.39, 0.29) is 29.3 Å². The average Bonchev–Trinajstić information content (AvgIpc) is 2.86. The highest BCUT2D eigenvalue weighted by Crippen LogP contribution is 2.24. The molecule has 10 heteroatoms. The first-order valence-corrected chi connectivity index (χ1v) is 12.0. The molecular weight excluding hydrogens is 489 g/mol. The third-order valence-electron chi connectivity index (χ3n) is 6.47. The van der Waals surface area contributed by atoms with Crippen molar-refractivity contribution in [3.05, 3.63) is 88.6 Å². The number of nitrogens with zero attached hydrogens (tertiary/aromatic N) is 2. The number of aromatic nitrogens is 1. The van der Waals surface area contributed by atoms with Gasteiger partial charge in [0.1, 0.15) is 23.5 Å². The molecule has 1 aromatic heterocycles. The molecule has 3 N–H and O–H groups in total. The minimum atomic E-state index is -1.11. The molecule has 38 heavy (non-hydrogen) atoms. The summed E-state index contributed by atoms with van der Waals surface area (Å²) in [6.45, 7) is 8.50. The van der Waals surface area contributed by atoms with Crippen LogP contribution in [0, 0.1) is 23.0 Å². The number of hydrogen-bond donors (Lipinski definition) is 3. The van der Waals surface area contributed by atoms with E-state index in [2.05, 4.69) is 15.6 Å². The number of halogens is 2. The molecule has 1 amide bonds. The van der Waals surface area contributed by atoms with Crippen LogP contribution in [0.15, 0.2) is 54.7 Å². The van der Waals surface area contributed by atoms with Crippen molar-refractivity contribution in [2.75, 3.05) is 5.32 Å². The molecule has 1 heterocycles. The standard InChI is InChI=1S/C28H30BF2N4O3/c1-17(19-7-10-22(30)11-8-19)35-26(36)23-12-18(14-32)15-33-25(23)34-16-20-6-9-21(13-24(20)31)29-38-28(4,5)27(2,3)37/h6-13,15,17,37H,16H2,1-5H3,(H,33,34)(H,35,36)/t17-/m0/s1. The van der Waals surface area contributed by atoms with Crippen LogP contribution in [0.25, 0.3) is 0 Å². The Labute approximate surface area is 222 Å². The molecule has 0 saturated heterocycles. The second-order valence-corrected chi connectivity index (χ2v) is 9.99. The summed E-state index contributed by atoms with van der Waals surface area (Å²) >= 11 is 0. The van der Waals surface area contributed by atoms with Gasteiger partial charge in [-0.05, 0) is 64.4 Å². The van der Waals surface area contributed by atoms with Gasteiger partial charge in [0.2, 0.25) is 0 Å². The number of benzene rings is 2. The lowest BCUT2D eigenvalue weighted by molar-refractivity contribution is -0.0893. The van der Waals surface area contributed by atoms with Gasteiger partial charge in [0, 0.05) is 18.3 Å². The summed E-state index contributed by atoms with van der Waals surface area (Å²) < 4.78 is 33.8. The van der Waals surface area contributed by atoms with Crippen molar-refractivity contribution >= 4 is 24.7 Å². The second-order valence-electron chi connectivity index (χ2n) is 9.99. The molecule has 7 nitrogen and oxygen atoms in total. The molecule has 0 unspecified atom stereocenters. The molecule has 0 spiro atoms. The molecule has 0 saturated carbocycles. The smallest absolute Gasteiger partial charge is 0.331 e. The Morgan fingerprint density at radius 2 is 1.84 bits per heavy atom. The minimum absolute atomic E-state index is 0.0226. The van der Waals surface area contributed by atoms with Crippen molar-refractivity contribution in [2.24, 2.45) is 0 Å². The third-order valence-corrected chi connectivity index (χ3v) is 6.47. The van der Waals surface area contributed by atoms with Crippen LogP contribution < -0.4 is 16.1 Å². The van der Waals surface area contributed by atoms with E-state index in [4.69, 9.17) is 4.65 Å². The molecular formula is C28H30BF2N4O3. The molecule has 0 aliphatic heterocycles. The number of anilines is 1. The van der Waals surface area contributed by atoms with Gasteiger partial charge in [0.25, 0.3) is 5.91 Å². The molecule has 0 aliphatic carbocycles. The van der Waals surface area contributed by atoms with E-state index in [1.54, 1.807) is 58.9 Å². The maximum absolute atomic E-state index is 14.8. The summed E-state index contributed by atoms with van der Waals surface area (Å²) in [6, 6.07) is 13.2. The number of rotatable bonds is 10. The molecule has 3 rings (SSSR count). The summed E-state index contributed by atoms with van der Waals surface area (Å²) in [4.78, 5) is 17.2. The van der Waals surface area contributed by atoms with E-state index < -0.39 is 29.0 Å². The van der Waals surface area contributed by atoms with E-state index >= 15 is 0 Å². The molecule has 2 aromatic carbocycles. The number of carbonyl (C=O) groups excluding carboxylic acids is 1. The highest BCUT2D eigenvalue weighted by atomic mass is 19.1. The first kappa shape index (κ1) is 28.8. The van der Waals surface area contributed by atoms with Crippen molar-refractivity contribution in [3.63, 3.8) is 0 Å². The number of pyridine rings is 1. The van der Waals surface area contributed by atoms with Crippen molar-refractivity contribution in [3.8, 4) is 6.07 Å². The van der Waals surface area contributed by atoms with Gasteiger partial charge >= 0.3 is 7.48 Å². The first-order valence-electron chi connectivity index (χ1n) is 12.0. The van der Waals surface area contributed by atoms with Crippen molar-refractivity contribution < 1.29 is 23.3 Å². The van der Waals surface area contributed by atoms with Gasteiger partial charge in [-0.25, -0.2) is 13.8 Å². The van der Waals surface area contributed by atoms with Crippen molar-refractivity contribution in [2.45, 2.75) is 58.4 Å². The summed E-state index contributed by atoms with van der Waals surface area (Å²) in [5.41, 5.74) is -0.193. The normalized spacial score (nSPS) is 12.4. The zero-order chi connectivity index (χ0) is 28.1. The Morgan fingerprint density at radius 1 is 1.16 bits per heavy atom. The highest BCUT2D eigenvalue weighted by molar-refractivity contribution is 6.47. The number of nitrogens with one attached hydrogen (secondary N) is 2. The van der Waals surface area contributed by atoms with E-state index in [0.717, 1.165) is 0 Å². The van der Waals surface area contributed by atoms with E-state index in [1.807, 2.05) is 6.07 Å². The molecule has 0 fully saturated rings. The third kappa shape index (κ3) is 7.15. The fourth-order valence-electron chi connectivity index (χ4n) is 3.27. The Bertz CT molecular complexity index is 1340. The second kappa shape index (κ2) is 11.7. The molecule has 1 radical (unpaired) electrons. The zero-order valence-electron chi connectivity index (χ0n) is 22.0. The van der Waals surface area contributed by atoms with E-state index in [1.165, 1.54) is 37.9 Å². The van der Waals surface area contributed by atoms with Gasteiger partial charge in [-0.3, -0.25) is 4.79 Å². The van der Waals surface area contributed by atoms with Crippen LogP contribution in [0.2, 0.25) is 0 Å². The predicted octanol–water partition coefficient (Wildman–Crippen LogP) is 4.15. The number of nitriles is 1. The summed E-state index contributed by atoms with van der Waals surface area (Å²) in [7, 11) is 1.39. The van der Waals surface area contributed by atoms with Gasteiger partial charge in [0.05, 0.1) is 28.4 Å². The number of carbonyl (C=O) groups is 1. The van der Waals surface area contributed by atoms with Gasteiger partial charge in [-0.2, -0.15) is 5.26 Å². The number of hydrogen-bond acceptors (Lipinski definition) is 6. The Kier molecular flexibility index (Phi) is 8.87. The van der Waals surface area contributed by atoms with Gasteiger partial charge in [-0.15, -0.1) is 0 Å². The van der Waals surface area contributed by atoms with E-state index in [0.29, 0.717) is 16.6 Å². The molecule has 0 aliphatic rings. The number of aliphatic hydroxyl groups is 1. The lowest BCUT2D eigenvalue weighted by atomic mass is 9.82. The number of amides is 1. The molecule has 197 valence electrons. The van der Waals surface area contributed by atoms with Crippen LogP contribution >= 0.6 is 0 Å². The van der Waals surface area contributed by atoms with Crippen LogP contribution in [-0.4, -0.2) is 34.7 Å². The van der Waals surface area contributed by atoms with Gasteiger partial charge in [-0.1, -0.05) is 29.7 Å². The average molecular weight is 519 g/mol. The lowest BCUT2D eigenvalue weighted by Gasteiger charge is -2.37. The van der Waals surface area contributed by atoms with Crippen molar-refractivity contribution in [1.29, 1.82) is 5.26 Å². The van der Waals surface area contributed by atoms with Crippen LogP contribution in [0.3, 0.4) is 0 Å². The lowest BCUT2D eigenvalue weighted by Crippen LogP contribution is -2.49. The Morgan fingerprint density at radius 3 is 2.45 bits per heavy atom. The van der Waals surface area contributed by atoms with Crippen LogP contribution in [-0.2, 0) is 11.2 Å². The zero-order valence-corrected chi connectivity index (χ0v) is 22.0. The quantitative estimate of drug-likeness (QED) is 0.348. The van der Waals surface area contributed by atoms with E-state index in [9.17, 15) is 23.9 Å². The topological polar surface area (TPSA) is 107 Å². The maximum atomic E-state index is 14.8. The largest absolute Gasteiger partial charge is 0.427 e. The van der Waals surface area contributed by atoms with Crippen LogP contribution in [0.4, 0.5) is 14.6 Å². The summed E-state index contributed by atoms with van der Waals surface area (Å²) in [5.74, 6) is -1.20. The molecule has 1 atom stereocenters. The van der Waals surface area contributed by atoms with Crippen LogP contribution in [0.5, 0.6) is 0 Å². The predicted molar refractivity (Wildman–Crippen MR) is 142 cm³/mol. The van der Waals surface area contributed by atoms with Crippen LogP contribution in [0.1, 0.15) is 67.7 Å². The van der Waals surface area contributed by atoms with Gasteiger partial charge < -0.3 is 20.4 Å². The Hall–Kier alpha value is -3.81. The monoisotopic (exact) mass is 519 g/mol. The Balaban J connectivity index is 1.72. The minimum Gasteiger partial charge on any atom is -0.427 e. The maximum Gasteiger partial charge on any atom is 0.331 e. The SMILES string of the molecule is C[C@H](NC(=O)c1cc(C#N)cnc1NCc1ccc([B]OC(C)(C)C(C)(C)O)cc1F)c1ccc(F)cc1. The highest BCUT2D eigenvalue weighted by Gasteiger charge is 2.35. The first-order chi connectivity index (χ1) is 17.8. The van der Waals surface area contributed by atoms with Gasteiger partial charge in [0.15, 0.2) is 0 Å². The summed E-state index contributed by atoms with van der Waals surface area (Å²) in [5, 5.41) is 25.3. The summed E-state index contributed by atoms with van der Waals surface area (Å²) in [6.07, 6.45) is 1.32. The molecule has 0 bridgehead atoms.